The number of benzene rings is 1. The van der Waals surface area contributed by atoms with Gasteiger partial charge in [0, 0.05) is 12.1 Å². The van der Waals surface area contributed by atoms with E-state index >= 15 is 0 Å². The van der Waals surface area contributed by atoms with Gasteiger partial charge in [-0.25, -0.2) is 9.36 Å². The number of aromatic nitrogens is 2. The van der Waals surface area contributed by atoms with Crippen LogP contribution in [0.5, 0.6) is 0 Å². The molecule has 21 heavy (non-hydrogen) atoms. The van der Waals surface area contributed by atoms with Gasteiger partial charge in [0.05, 0.1) is 0 Å². The van der Waals surface area contributed by atoms with E-state index in [1.54, 1.807) is 0 Å². The molecule has 2 aromatic rings. The van der Waals surface area contributed by atoms with E-state index in [2.05, 4.69) is 10.5 Å². The highest BCUT2D eigenvalue weighted by atomic mass is 16.5. The summed E-state index contributed by atoms with van der Waals surface area (Å²) in [5.74, 6) is 0.181. The third-order valence-corrected chi connectivity index (χ3v) is 3.66. The topological polar surface area (TPSA) is 77.1 Å². The summed E-state index contributed by atoms with van der Waals surface area (Å²) in [5, 5.41) is 6.64. The van der Waals surface area contributed by atoms with Crippen molar-refractivity contribution in [1.29, 1.82) is 0 Å². The van der Waals surface area contributed by atoms with Gasteiger partial charge in [-0.05, 0) is 31.2 Å². The average molecular weight is 287 g/mol. The van der Waals surface area contributed by atoms with Crippen molar-refractivity contribution in [2.75, 3.05) is 6.54 Å². The van der Waals surface area contributed by atoms with Crippen molar-refractivity contribution in [2.45, 2.75) is 26.3 Å². The summed E-state index contributed by atoms with van der Waals surface area (Å²) in [6.07, 6.45) is 2.34. The number of rotatable bonds is 5. The van der Waals surface area contributed by atoms with Crippen LogP contribution in [0.1, 0.15) is 18.4 Å². The van der Waals surface area contributed by atoms with E-state index in [9.17, 15) is 9.59 Å². The molecule has 1 aromatic heterocycles. The van der Waals surface area contributed by atoms with E-state index in [1.807, 2.05) is 31.2 Å². The van der Waals surface area contributed by atoms with Gasteiger partial charge in [0.1, 0.15) is 6.54 Å². The second kappa shape index (κ2) is 5.55. The van der Waals surface area contributed by atoms with Crippen LogP contribution in [0.3, 0.4) is 0 Å². The molecule has 0 unspecified atom stereocenters. The molecule has 0 saturated heterocycles. The SMILES string of the molecule is Cc1ccccc1-c1noc(=O)n1CC(=O)NCC1CC1. The molecule has 1 aliphatic carbocycles. The zero-order valence-electron chi connectivity index (χ0n) is 11.8. The number of nitrogens with one attached hydrogen (secondary N) is 1. The third-order valence-electron chi connectivity index (χ3n) is 3.66. The molecule has 1 amide bonds. The number of carbonyl (C=O) groups excluding carboxylic acids is 1. The Bertz CT molecular complexity index is 713. The van der Waals surface area contributed by atoms with Crippen LogP contribution in [0.25, 0.3) is 11.4 Å². The smallest absolute Gasteiger partial charge is 0.354 e. The fourth-order valence-electron chi connectivity index (χ4n) is 2.20. The minimum absolute atomic E-state index is 0.0707. The predicted molar refractivity (Wildman–Crippen MR) is 76.7 cm³/mol. The first-order valence-electron chi connectivity index (χ1n) is 7.04. The Morgan fingerprint density at radius 2 is 2.19 bits per heavy atom. The second-order valence-corrected chi connectivity index (χ2v) is 5.42. The highest BCUT2D eigenvalue weighted by Gasteiger charge is 2.22. The van der Waals surface area contributed by atoms with Gasteiger partial charge in [-0.1, -0.05) is 29.4 Å². The van der Waals surface area contributed by atoms with Crippen LogP contribution >= 0.6 is 0 Å². The molecule has 1 fully saturated rings. The fourth-order valence-corrected chi connectivity index (χ4v) is 2.20. The molecule has 0 spiro atoms. The molecule has 0 bridgehead atoms. The number of amides is 1. The normalized spacial score (nSPS) is 14.1. The summed E-state index contributed by atoms with van der Waals surface area (Å²) in [4.78, 5) is 23.7. The average Bonchev–Trinajstić information content (AvgIpc) is 3.24. The highest BCUT2D eigenvalue weighted by molar-refractivity contribution is 5.76. The molecule has 1 N–H and O–H groups in total. The maximum Gasteiger partial charge on any atom is 0.442 e. The Morgan fingerprint density at radius 3 is 2.90 bits per heavy atom. The molecule has 3 rings (SSSR count). The van der Waals surface area contributed by atoms with E-state index < -0.39 is 5.76 Å². The van der Waals surface area contributed by atoms with Gasteiger partial charge in [-0.2, -0.15) is 0 Å². The molecule has 6 heteroatoms. The minimum Gasteiger partial charge on any atom is -0.354 e. The number of carbonyl (C=O) groups is 1. The van der Waals surface area contributed by atoms with E-state index in [0.29, 0.717) is 18.3 Å². The molecule has 0 radical (unpaired) electrons. The van der Waals surface area contributed by atoms with E-state index in [0.717, 1.165) is 11.1 Å². The van der Waals surface area contributed by atoms with Crippen LogP contribution < -0.4 is 11.1 Å². The first kappa shape index (κ1) is 13.6. The van der Waals surface area contributed by atoms with E-state index in [4.69, 9.17) is 4.52 Å². The summed E-state index contributed by atoms with van der Waals surface area (Å²) in [6.45, 7) is 2.53. The van der Waals surface area contributed by atoms with E-state index in [1.165, 1.54) is 17.4 Å². The Hall–Kier alpha value is -2.37. The number of aryl methyl sites for hydroxylation is 1. The largest absolute Gasteiger partial charge is 0.442 e. The Balaban J connectivity index is 1.81. The van der Waals surface area contributed by atoms with Crippen molar-refractivity contribution in [2.24, 2.45) is 5.92 Å². The lowest BCUT2D eigenvalue weighted by Gasteiger charge is -2.07. The monoisotopic (exact) mass is 287 g/mol. The van der Waals surface area contributed by atoms with Crippen LogP contribution in [0.2, 0.25) is 0 Å². The lowest BCUT2D eigenvalue weighted by molar-refractivity contribution is -0.121. The minimum atomic E-state index is -0.616. The van der Waals surface area contributed by atoms with Gasteiger partial charge >= 0.3 is 5.76 Å². The summed E-state index contributed by atoms with van der Waals surface area (Å²) >= 11 is 0. The van der Waals surface area contributed by atoms with E-state index in [-0.39, 0.29) is 12.5 Å². The summed E-state index contributed by atoms with van der Waals surface area (Å²) in [5.41, 5.74) is 1.76. The Morgan fingerprint density at radius 1 is 1.43 bits per heavy atom. The van der Waals surface area contributed by atoms with Crippen LogP contribution in [0.15, 0.2) is 33.6 Å². The van der Waals surface area contributed by atoms with Gasteiger partial charge in [0.15, 0.2) is 5.82 Å². The lowest BCUT2D eigenvalue weighted by Crippen LogP contribution is -2.32. The summed E-state index contributed by atoms with van der Waals surface area (Å²) in [6, 6.07) is 7.54. The molecule has 0 atom stereocenters. The molecule has 6 nitrogen and oxygen atoms in total. The highest BCUT2D eigenvalue weighted by Crippen LogP contribution is 2.27. The Kier molecular flexibility index (Phi) is 3.60. The zero-order chi connectivity index (χ0) is 14.8. The number of nitrogens with zero attached hydrogens (tertiary/aromatic N) is 2. The van der Waals surface area contributed by atoms with Crippen molar-refractivity contribution in [3.05, 3.63) is 40.4 Å². The van der Waals surface area contributed by atoms with Crippen molar-refractivity contribution >= 4 is 5.91 Å². The third kappa shape index (κ3) is 3.04. The van der Waals surface area contributed by atoms with Crippen LogP contribution in [0, 0.1) is 12.8 Å². The second-order valence-electron chi connectivity index (χ2n) is 5.42. The maximum atomic E-state index is 11.9. The van der Waals surface area contributed by atoms with Crippen molar-refractivity contribution in [3.63, 3.8) is 0 Å². The molecule has 0 aliphatic heterocycles. The van der Waals surface area contributed by atoms with Gasteiger partial charge in [0.2, 0.25) is 5.91 Å². The van der Waals surface area contributed by atoms with Crippen LogP contribution in [0.4, 0.5) is 0 Å². The standard InChI is InChI=1S/C15H17N3O3/c1-10-4-2-3-5-12(10)14-17-21-15(20)18(14)9-13(19)16-8-11-6-7-11/h2-5,11H,6-9H2,1H3,(H,16,19). The zero-order valence-corrected chi connectivity index (χ0v) is 11.8. The molecule has 1 saturated carbocycles. The van der Waals surface area contributed by atoms with Gasteiger partial charge in [-0.15, -0.1) is 0 Å². The van der Waals surface area contributed by atoms with Crippen LogP contribution in [-0.4, -0.2) is 22.2 Å². The van der Waals surface area contributed by atoms with Crippen molar-refractivity contribution < 1.29 is 9.32 Å². The predicted octanol–water partition coefficient (Wildman–Crippen LogP) is 1.34. The quantitative estimate of drug-likeness (QED) is 0.900. The van der Waals surface area contributed by atoms with Crippen molar-refractivity contribution in [3.8, 4) is 11.4 Å². The number of hydrogen-bond acceptors (Lipinski definition) is 4. The van der Waals surface area contributed by atoms with Crippen LogP contribution in [-0.2, 0) is 11.3 Å². The summed E-state index contributed by atoms with van der Waals surface area (Å²) < 4.78 is 5.99. The summed E-state index contributed by atoms with van der Waals surface area (Å²) in [7, 11) is 0. The maximum absolute atomic E-state index is 11.9. The number of hydrogen-bond donors (Lipinski definition) is 1. The molecular weight excluding hydrogens is 270 g/mol. The molecule has 1 aliphatic rings. The van der Waals surface area contributed by atoms with Gasteiger partial charge in [-0.3, -0.25) is 9.32 Å². The Labute approximate surface area is 121 Å². The first-order chi connectivity index (χ1) is 10.1. The lowest BCUT2D eigenvalue weighted by atomic mass is 10.1. The van der Waals surface area contributed by atoms with Crippen molar-refractivity contribution in [1.82, 2.24) is 15.0 Å². The molecule has 110 valence electrons. The fraction of sp³-hybridized carbons (Fsp3) is 0.400. The molecular formula is C15H17N3O3. The first-order valence-corrected chi connectivity index (χ1v) is 7.04. The molecule has 1 aromatic carbocycles. The molecule has 1 heterocycles. The van der Waals surface area contributed by atoms with Gasteiger partial charge in [0.25, 0.3) is 0 Å². The van der Waals surface area contributed by atoms with Gasteiger partial charge < -0.3 is 5.32 Å².